The molecule has 7 nitrogen and oxygen atoms in total. The lowest BCUT2D eigenvalue weighted by Gasteiger charge is -2.14. The van der Waals surface area contributed by atoms with Gasteiger partial charge >= 0.3 is 5.97 Å². The molecule has 31 heavy (non-hydrogen) atoms. The molecule has 0 saturated carbocycles. The lowest BCUT2D eigenvalue weighted by Crippen LogP contribution is -2.27. The Balaban J connectivity index is 1.43. The molecule has 154 valence electrons. The van der Waals surface area contributed by atoms with Gasteiger partial charge in [0.05, 0.1) is 16.2 Å². The largest absolute Gasteiger partial charge is 0.478 e. The standard InChI is InChI=1S/C22H13NO6S2/c24-20-19(31-22(30)23(20)12-5-7-17-18(9-12)28-11-27-17)10-13-6-8-16(29-13)14-3-1-2-4-15(14)21(25)26/h1-10H,11H2,(H,25,26)/b19-10-. The molecular formula is C22H13NO6S2. The summed E-state index contributed by atoms with van der Waals surface area (Å²) in [5.74, 6) is 0.672. The molecular weight excluding hydrogens is 438 g/mol. The molecule has 3 heterocycles. The first-order valence-corrected chi connectivity index (χ1v) is 10.3. The third-order valence-electron chi connectivity index (χ3n) is 4.73. The predicted octanol–water partition coefficient (Wildman–Crippen LogP) is 4.78. The smallest absolute Gasteiger partial charge is 0.336 e. The van der Waals surface area contributed by atoms with Gasteiger partial charge in [-0.2, -0.15) is 0 Å². The van der Waals surface area contributed by atoms with Crippen LogP contribution in [0.25, 0.3) is 17.4 Å². The summed E-state index contributed by atoms with van der Waals surface area (Å²) < 4.78 is 16.9. The average Bonchev–Trinajstić information content (AvgIpc) is 3.47. The summed E-state index contributed by atoms with van der Waals surface area (Å²) in [7, 11) is 0. The predicted molar refractivity (Wildman–Crippen MR) is 119 cm³/mol. The van der Waals surface area contributed by atoms with E-state index in [9.17, 15) is 14.7 Å². The van der Waals surface area contributed by atoms with Crippen molar-refractivity contribution < 1.29 is 28.6 Å². The van der Waals surface area contributed by atoms with Crippen molar-refractivity contribution in [1.29, 1.82) is 0 Å². The Kier molecular flexibility index (Phi) is 4.76. The molecule has 0 radical (unpaired) electrons. The van der Waals surface area contributed by atoms with Crippen LogP contribution in [0.3, 0.4) is 0 Å². The highest BCUT2D eigenvalue weighted by atomic mass is 32.2. The Hall–Kier alpha value is -3.56. The van der Waals surface area contributed by atoms with Gasteiger partial charge in [-0.1, -0.05) is 42.2 Å². The van der Waals surface area contributed by atoms with E-state index in [4.69, 9.17) is 26.1 Å². The summed E-state index contributed by atoms with van der Waals surface area (Å²) in [6.07, 6.45) is 1.60. The van der Waals surface area contributed by atoms with Crippen LogP contribution < -0.4 is 14.4 Å². The molecule has 0 spiro atoms. The molecule has 5 rings (SSSR count). The number of hydrogen-bond donors (Lipinski definition) is 1. The van der Waals surface area contributed by atoms with Gasteiger partial charge in [-0.3, -0.25) is 9.69 Å². The van der Waals surface area contributed by atoms with Gasteiger partial charge in [0.1, 0.15) is 11.5 Å². The van der Waals surface area contributed by atoms with E-state index in [1.165, 1.54) is 11.0 Å². The van der Waals surface area contributed by atoms with Gasteiger partial charge < -0.3 is 19.0 Å². The number of thioether (sulfide) groups is 1. The minimum atomic E-state index is -1.04. The van der Waals surface area contributed by atoms with Crippen molar-refractivity contribution in [2.45, 2.75) is 0 Å². The molecule has 1 amide bonds. The molecule has 0 aliphatic carbocycles. The number of carboxylic acids is 1. The van der Waals surface area contributed by atoms with Crippen LogP contribution in [0.5, 0.6) is 11.5 Å². The molecule has 1 saturated heterocycles. The van der Waals surface area contributed by atoms with Crippen molar-refractivity contribution in [2.24, 2.45) is 0 Å². The zero-order chi connectivity index (χ0) is 21.5. The number of fused-ring (bicyclic) bond motifs is 1. The Labute approximate surface area is 185 Å². The fourth-order valence-electron chi connectivity index (χ4n) is 3.30. The third kappa shape index (κ3) is 3.47. The summed E-state index contributed by atoms with van der Waals surface area (Å²) >= 11 is 6.57. The van der Waals surface area contributed by atoms with Crippen molar-refractivity contribution in [3.05, 3.63) is 70.8 Å². The number of carboxylic acid groups (broad SMARTS) is 1. The van der Waals surface area contributed by atoms with Crippen molar-refractivity contribution in [3.8, 4) is 22.8 Å². The lowest BCUT2D eigenvalue weighted by atomic mass is 10.1. The molecule has 1 fully saturated rings. The van der Waals surface area contributed by atoms with Crippen molar-refractivity contribution >= 4 is 51.9 Å². The number of ether oxygens (including phenoxy) is 2. The van der Waals surface area contributed by atoms with Crippen LogP contribution in [0.4, 0.5) is 5.69 Å². The zero-order valence-corrected chi connectivity index (χ0v) is 17.4. The van der Waals surface area contributed by atoms with Gasteiger partial charge in [0, 0.05) is 17.7 Å². The van der Waals surface area contributed by atoms with E-state index in [0.29, 0.717) is 43.5 Å². The van der Waals surface area contributed by atoms with Crippen molar-refractivity contribution in [1.82, 2.24) is 0 Å². The van der Waals surface area contributed by atoms with Gasteiger partial charge in [-0.25, -0.2) is 4.79 Å². The third-order valence-corrected chi connectivity index (χ3v) is 6.03. The number of carbonyl (C=O) groups excluding carboxylic acids is 1. The number of rotatable bonds is 4. The maximum Gasteiger partial charge on any atom is 0.336 e. The molecule has 0 atom stereocenters. The molecule has 2 aliphatic rings. The van der Waals surface area contributed by atoms with Crippen LogP contribution in [-0.2, 0) is 4.79 Å². The summed E-state index contributed by atoms with van der Waals surface area (Å²) in [6.45, 7) is 0.142. The van der Waals surface area contributed by atoms with Crippen LogP contribution >= 0.6 is 24.0 Å². The average molecular weight is 451 g/mol. The van der Waals surface area contributed by atoms with Gasteiger partial charge in [-0.15, -0.1) is 0 Å². The number of amides is 1. The molecule has 2 aromatic carbocycles. The number of carbonyl (C=O) groups is 2. The minimum Gasteiger partial charge on any atom is -0.478 e. The fraction of sp³-hybridized carbons (Fsp3) is 0.0455. The number of thiocarbonyl (C=S) groups is 1. The van der Waals surface area contributed by atoms with E-state index in [1.807, 2.05) is 0 Å². The summed E-state index contributed by atoms with van der Waals surface area (Å²) in [5, 5.41) is 9.39. The molecule has 0 bridgehead atoms. The van der Waals surface area contributed by atoms with E-state index in [1.54, 1.807) is 54.6 Å². The highest BCUT2D eigenvalue weighted by Crippen LogP contribution is 2.41. The van der Waals surface area contributed by atoms with Crippen molar-refractivity contribution in [2.75, 3.05) is 11.7 Å². The Morgan fingerprint density at radius 2 is 1.90 bits per heavy atom. The van der Waals surface area contributed by atoms with E-state index in [0.717, 1.165) is 11.8 Å². The first-order chi connectivity index (χ1) is 15.0. The zero-order valence-electron chi connectivity index (χ0n) is 15.7. The van der Waals surface area contributed by atoms with Crippen LogP contribution in [0.15, 0.2) is 63.9 Å². The van der Waals surface area contributed by atoms with Crippen LogP contribution in [0.1, 0.15) is 16.1 Å². The Bertz CT molecular complexity index is 1280. The SMILES string of the molecule is O=C(O)c1ccccc1-c1ccc(/C=C2\SC(=S)N(c3ccc4c(c3)OCO4)C2=O)o1. The second kappa shape index (κ2) is 7.60. The normalized spacial score (nSPS) is 16.4. The van der Waals surface area contributed by atoms with Crippen LogP contribution in [0, 0.1) is 0 Å². The van der Waals surface area contributed by atoms with E-state index >= 15 is 0 Å². The highest BCUT2D eigenvalue weighted by molar-refractivity contribution is 8.27. The maximum absolute atomic E-state index is 13.0. The topological polar surface area (TPSA) is 89.2 Å². The number of furan rings is 1. The molecule has 0 unspecified atom stereocenters. The van der Waals surface area contributed by atoms with Gasteiger partial charge in [0.15, 0.2) is 15.8 Å². The molecule has 1 N–H and O–H groups in total. The number of nitrogens with zero attached hydrogens (tertiary/aromatic N) is 1. The number of benzene rings is 2. The first-order valence-electron chi connectivity index (χ1n) is 9.11. The molecule has 9 heteroatoms. The maximum atomic E-state index is 13.0. The molecule has 2 aliphatic heterocycles. The summed E-state index contributed by atoms with van der Waals surface area (Å²) in [4.78, 5) is 26.3. The minimum absolute atomic E-state index is 0.137. The van der Waals surface area contributed by atoms with E-state index in [-0.39, 0.29) is 18.3 Å². The Morgan fingerprint density at radius 1 is 1.10 bits per heavy atom. The first kappa shape index (κ1) is 19.4. The second-order valence-electron chi connectivity index (χ2n) is 6.61. The number of aromatic carboxylic acids is 1. The van der Waals surface area contributed by atoms with Crippen LogP contribution in [0.2, 0.25) is 0 Å². The van der Waals surface area contributed by atoms with E-state index in [2.05, 4.69) is 0 Å². The number of hydrogen-bond acceptors (Lipinski definition) is 7. The molecule has 3 aromatic rings. The lowest BCUT2D eigenvalue weighted by molar-refractivity contribution is -0.113. The number of anilines is 1. The van der Waals surface area contributed by atoms with Gasteiger partial charge in [0.25, 0.3) is 5.91 Å². The summed E-state index contributed by atoms with van der Waals surface area (Å²) in [5.41, 5.74) is 1.19. The van der Waals surface area contributed by atoms with Gasteiger partial charge in [0.2, 0.25) is 6.79 Å². The van der Waals surface area contributed by atoms with Gasteiger partial charge in [-0.05, 0) is 30.3 Å². The monoisotopic (exact) mass is 451 g/mol. The van der Waals surface area contributed by atoms with Crippen LogP contribution in [-0.4, -0.2) is 28.1 Å². The quantitative estimate of drug-likeness (QED) is 0.448. The molecule has 1 aromatic heterocycles. The fourth-order valence-corrected chi connectivity index (χ4v) is 4.58. The highest BCUT2D eigenvalue weighted by Gasteiger charge is 2.34. The summed E-state index contributed by atoms with van der Waals surface area (Å²) in [6, 6.07) is 15.1. The van der Waals surface area contributed by atoms with E-state index < -0.39 is 5.97 Å². The second-order valence-corrected chi connectivity index (χ2v) is 8.28. The van der Waals surface area contributed by atoms with Crippen molar-refractivity contribution in [3.63, 3.8) is 0 Å². The Morgan fingerprint density at radius 3 is 2.74 bits per heavy atom.